The number of rotatable bonds is 3. The van der Waals surface area contributed by atoms with E-state index in [4.69, 9.17) is 0 Å². The van der Waals surface area contributed by atoms with Crippen LogP contribution in [-0.2, 0) is 4.79 Å². The minimum Gasteiger partial charge on any atom is -0.396 e. The molecule has 1 aliphatic rings. The van der Waals surface area contributed by atoms with E-state index in [1.807, 2.05) is 26.1 Å². The van der Waals surface area contributed by atoms with Crippen molar-refractivity contribution in [1.82, 2.24) is 0 Å². The zero-order chi connectivity index (χ0) is 13.3. The van der Waals surface area contributed by atoms with E-state index in [1.54, 1.807) is 16.7 Å². The van der Waals surface area contributed by atoms with Gasteiger partial charge in [0.15, 0.2) is 0 Å². The predicted octanol–water partition coefficient (Wildman–Crippen LogP) is 2.63. The van der Waals surface area contributed by atoms with Crippen molar-refractivity contribution in [3.8, 4) is 0 Å². The maximum atomic E-state index is 11.9. The highest BCUT2D eigenvalue weighted by molar-refractivity contribution is 8.00. The Morgan fingerprint density at radius 2 is 2.22 bits per heavy atom. The quantitative estimate of drug-likeness (QED) is 0.913. The molecule has 1 amide bonds. The molecule has 2 rings (SSSR count). The molecular formula is C14H19NO2S. The van der Waals surface area contributed by atoms with Gasteiger partial charge in [-0.1, -0.05) is 13.0 Å². The zero-order valence-corrected chi connectivity index (χ0v) is 11.8. The number of hydrogen-bond acceptors (Lipinski definition) is 3. The first kappa shape index (κ1) is 13.4. The van der Waals surface area contributed by atoms with Crippen LogP contribution in [0.3, 0.4) is 0 Å². The highest BCUT2D eigenvalue weighted by Gasteiger charge is 2.28. The summed E-state index contributed by atoms with van der Waals surface area (Å²) in [6, 6.07) is 6.12. The smallest absolute Gasteiger partial charge is 0.239 e. The molecule has 0 bridgehead atoms. The lowest BCUT2D eigenvalue weighted by Crippen LogP contribution is -2.36. The highest BCUT2D eigenvalue weighted by Crippen LogP contribution is 2.40. The molecular weight excluding hydrogens is 246 g/mol. The Bertz CT molecular complexity index is 457. The Hall–Kier alpha value is -1.00. The number of thioether (sulfide) groups is 1. The van der Waals surface area contributed by atoms with Gasteiger partial charge < -0.3 is 10.0 Å². The molecule has 1 aliphatic heterocycles. The highest BCUT2D eigenvalue weighted by atomic mass is 32.2. The molecule has 2 atom stereocenters. The third-order valence-corrected chi connectivity index (χ3v) is 4.65. The van der Waals surface area contributed by atoms with Gasteiger partial charge in [0, 0.05) is 24.5 Å². The monoisotopic (exact) mass is 265 g/mol. The first-order valence-electron chi connectivity index (χ1n) is 6.27. The van der Waals surface area contributed by atoms with E-state index < -0.39 is 0 Å². The molecule has 1 aromatic rings. The number of hydrogen-bond donors (Lipinski definition) is 1. The van der Waals surface area contributed by atoms with Gasteiger partial charge in [-0.25, -0.2) is 0 Å². The van der Waals surface area contributed by atoms with Crippen LogP contribution in [0.2, 0.25) is 0 Å². The Kier molecular flexibility index (Phi) is 3.97. The fraction of sp³-hybridized carbons (Fsp3) is 0.500. The minimum atomic E-state index is -0.0352. The van der Waals surface area contributed by atoms with Gasteiger partial charge in [0.25, 0.3) is 0 Å². The number of carbonyl (C=O) groups is 1. The van der Waals surface area contributed by atoms with Crippen LogP contribution >= 0.6 is 11.8 Å². The molecule has 98 valence electrons. The molecule has 1 heterocycles. The predicted molar refractivity (Wildman–Crippen MR) is 75.3 cm³/mol. The fourth-order valence-corrected chi connectivity index (χ4v) is 3.43. The van der Waals surface area contributed by atoms with Crippen LogP contribution in [0.5, 0.6) is 0 Å². The molecule has 0 saturated carbocycles. The Labute approximate surface area is 112 Å². The largest absolute Gasteiger partial charge is 0.396 e. The summed E-state index contributed by atoms with van der Waals surface area (Å²) in [4.78, 5) is 14.7. The number of fused-ring (bicyclic) bond motifs is 1. The number of benzene rings is 1. The molecule has 0 fully saturated rings. The number of amides is 1. The van der Waals surface area contributed by atoms with Crippen LogP contribution in [-0.4, -0.2) is 29.9 Å². The number of nitrogens with zero attached hydrogens (tertiary/aromatic N) is 1. The number of carbonyl (C=O) groups excluding carboxylic acids is 1. The topological polar surface area (TPSA) is 40.5 Å². The van der Waals surface area contributed by atoms with Crippen LogP contribution in [0.15, 0.2) is 23.1 Å². The van der Waals surface area contributed by atoms with Gasteiger partial charge in [-0.3, -0.25) is 4.79 Å². The Morgan fingerprint density at radius 3 is 2.83 bits per heavy atom. The van der Waals surface area contributed by atoms with Crippen molar-refractivity contribution in [1.29, 1.82) is 0 Å². The number of anilines is 1. The summed E-state index contributed by atoms with van der Waals surface area (Å²) < 4.78 is 0. The lowest BCUT2D eigenvalue weighted by molar-refractivity contribution is -0.117. The van der Waals surface area contributed by atoms with E-state index in [1.165, 1.54) is 0 Å². The average molecular weight is 265 g/mol. The summed E-state index contributed by atoms with van der Waals surface area (Å²) in [5.74, 6) is 0.337. The minimum absolute atomic E-state index is 0.0352. The molecule has 1 N–H and O–H groups in total. The van der Waals surface area contributed by atoms with E-state index in [0.717, 1.165) is 22.6 Å². The van der Waals surface area contributed by atoms with E-state index >= 15 is 0 Å². The van der Waals surface area contributed by atoms with Crippen molar-refractivity contribution in [2.24, 2.45) is 0 Å². The first-order valence-corrected chi connectivity index (χ1v) is 7.15. The van der Waals surface area contributed by atoms with Gasteiger partial charge in [0.1, 0.15) is 0 Å². The molecule has 0 spiro atoms. The maximum Gasteiger partial charge on any atom is 0.239 e. The fourth-order valence-electron chi connectivity index (χ4n) is 2.26. The standard InChI is InChI=1S/C14H19NO2S/c1-4-10(8-16)11-5-6-12-13(7-11)18-9(2)14(17)15(12)3/h5-7,9-10,16H,4,8H2,1-3H3. The van der Waals surface area contributed by atoms with Crippen LogP contribution in [0.1, 0.15) is 31.7 Å². The van der Waals surface area contributed by atoms with Crippen LogP contribution in [0.25, 0.3) is 0 Å². The molecule has 0 aliphatic carbocycles. The maximum absolute atomic E-state index is 11.9. The second-order valence-corrected chi connectivity index (χ2v) is 6.05. The van der Waals surface area contributed by atoms with Gasteiger partial charge in [-0.05, 0) is 31.0 Å². The van der Waals surface area contributed by atoms with Crippen LogP contribution < -0.4 is 4.90 Å². The molecule has 4 heteroatoms. The van der Waals surface area contributed by atoms with E-state index in [9.17, 15) is 9.90 Å². The van der Waals surface area contributed by atoms with Gasteiger partial charge >= 0.3 is 0 Å². The number of aliphatic hydroxyl groups is 1. The SMILES string of the molecule is CCC(CO)c1ccc2c(c1)SC(C)C(=O)N2C. The summed E-state index contributed by atoms with van der Waals surface area (Å²) in [6.07, 6.45) is 0.921. The lowest BCUT2D eigenvalue weighted by atomic mass is 9.97. The third kappa shape index (κ3) is 2.27. The second-order valence-electron chi connectivity index (χ2n) is 4.67. The van der Waals surface area contributed by atoms with E-state index in [0.29, 0.717) is 0 Å². The Balaban J connectivity index is 2.38. The second kappa shape index (κ2) is 5.33. The van der Waals surface area contributed by atoms with Crippen molar-refractivity contribution in [3.63, 3.8) is 0 Å². The van der Waals surface area contributed by atoms with Crippen molar-refractivity contribution in [3.05, 3.63) is 23.8 Å². The van der Waals surface area contributed by atoms with Crippen molar-refractivity contribution < 1.29 is 9.90 Å². The summed E-state index contributed by atoms with van der Waals surface area (Å²) in [6.45, 7) is 4.18. The molecule has 0 radical (unpaired) electrons. The van der Waals surface area contributed by atoms with Crippen LogP contribution in [0, 0.1) is 0 Å². The molecule has 1 aromatic carbocycles. The molecule has 18 heavy (non-hydrogen) atoms. The summed E-state index contributed by atoms with van der Waals surface area (Å²) in [5.41, 5.74) is 2.13. The molecule has 0 saturated heterocycles. The first-order chi connectivity index (χ1) is 8.58. The lowest BCUT2D eigenvalue weighted by Gasteiger charge is -2.30. The summed E-state index contributed by atoms with van der Waals surface area (Å²) in [5, 5.41) is 9.32. The number of aliphatic hydroxyl groups excluding tert-OH is 1. The van der Waals surface area contributed by atoms with Crippen molar-refractivity contribution >= 4 is 23.4 Å². The zero-order valence-electron chi connectivity index (χ0n) is 11.0. The van der Waals surface area contributed by atoms with Gasteiger partial charge in [0.2, 0.25) is 5.91 Å². The normalized spacial score (nSPS) is 20.8. The third-order valence-electron chi connectivity index (χ3n) is 3.51. The van der Waals surface area contributed by atoms with Crippen molar-refractivity contribution in [2.75, 3.05) is 18.6 Å². The summed E-state index contributed by atoms with van der Waals surface area (Å²) in [7, 11) is 1.82. The molecule has 0 aromatic heterocycles. The molecule has 3 nitrogen and oxygen atoms in total. The Morgan fingerprint density at radius 1 is 1.50 bits per heavy atom. The van der Waals surface area contributed by atoms with Gasteiger partial charge in [-0.15, -0.1) is 11.8 Å². The van der Waals surface area contributed by atoms with E-state index in [-0.39, 0.29) is 23.7 Å². The molecule has 2 unspecified atom stereocenters. The van der Waals surface area contributed by atoms with Gasteiger partial charge in [-0.2, -0.15) is 0 Å². The van der Waals surface area contributed by atoms with E-state index in [2.05, 4.69) is 13.0 Å². The van der Waals surface area contributed by atoms with Gasteiger partial charge in [0.05, 0.1) is 10.9 Å². The van der Waals surface area contributed by atoms with Crippen LogP contribution in [0.4, 0.5) is 5.69 Å². The average Bonchev–Trinajstić information content (AvgIpc) is 2.37. The summed E-state index contributed by atoms with van der Waals surface area (Å²) >= 11 is 1.60. The van der Waals surface area contributed by atoms with Crippen molar-refractivity contribution in [2.45, 2.75) is 36.3 Å².